The standard InChI is InChI=1S/C25H30N4O2S2/c1-4-31-24(30)22-20-8-6-5-7-9-21(20)33-23(22)27-25(32)26-19-12-10-18(11-13-19)15-29-17(3)14-16(2)28-29/h10-14H,4-9,15H2,1-3H3,(H2,26,27,32). The van der Waals surface area contributed by atoms with E-state index in [1.807, 2.05) is 30.7 Å². The van der Waals surface area contributed by atoms with Gasteiger partial charge in [-0.1, -0.05) is 18.6 Å². The van der Waals surface area contributed by atoms with Gasteiger partial charge >= 0.3 is 5.97 Å². The van der Waals surface area contributed by atoms with Crippen molar-refractivity contribution < 1.29 is 9.53 Å². The molecule has 0 amide bonds. The Kier molecular flexibility index (Phi) is 7.45. The number of esters is 1. The second-order valence-electron chi connectivity index (χ2n) is 8.35. The van der Waals surface area contributed by atoms with Crippen molar-refractivity contribution >= 4 is 45.3 Å². The second-order valence-corrected chi connectivity index (χ2v) is 9.86. The van der Waals surface area contributed by atoms with E-state index in [-0.39, 0.29) is 5.97 Å². The Morgan fingerprint density at radius 2 is 1.91 bits per heavy atom. The zero-order chi connectivity index (χ0) is 23.4. The number of rotatable bonds is 6. The van der Waals surface area contributed by atoms with E-state index in [2.05, 4.69) is 40.9 Å². The lowest BCUT2D eigenvalue weighted by Gasteiger charge is -2.12. The summed E-state index contributed by atoms with van der Waals surface area (Å²) in [4.78, 5) is 14.0. The minimum atomic E-state index is -0.268. The summed E-state index contributed by atoms with van der Waals surface area (Å²) in [7, 11) is 0. The van der Waals surface area contributed by atoms with Crippen LogP contribution in [-0.2, 0) is 24.1 Å². The molecule has 8 heteroatoms. The number of ether oxygens (including phenoxy) is 1. The number of anilines is 2. The summed E-state index contributed by atoms with van der Waals surface area (Å²) in [5.74, 6) is -0.268. The van der Waals surface area contributed by atoms with Gasteiger partial charge in [0, 0.05) is 16.3 Å². The minimum absolute atomic E-state index is 0.268. The van der Waals surface area contributed by atoms with Crippen molar-refractivity contribution in [3.63, 3.8) is 0 Å². The molecule has 33 heavy (non-hydrogen) atoms. The molecule has 174 valence electrons. The summed E-state index contributed by atoms with van der Waals surface area (Å²) in [5, 5.41) is 12.3. The van der Waals surface area contributed by atoms with Gasteiger partial charge in [-0.05, 0) is 88.0 Å². The normalized spacial score (nSPS) is 13.2. The van der Waals surface area contributed by atoms with Gasteiger partial charge in [-0.2, -0.15) is 5.10 Å². The van der Waals surface area contributed by atoms with Crippen LogP contribution in [0.5, 0.6) is 0 Å². The number of hydrogen-bond acceptors (Lipinski definition) is 5. The highest BCUT2D eigenvalue weighted by Gasteiger charge is 2.26. The number of aromatic nitrogens is 2. The fourth-order valence-electron chi connectivity index (χ4n) is 4.22. The van der Waals surface area contributed by atoms with Crippen LogP contribution in [0.4, 0.5) is 10.7 Å². The lowest BCUT2D eigenvalue weighted by Crippen LogP contribution is -2.20. The first-order valence-electron chi connectivity index (χ1n) is 11.4. The number of thiocarbonyl (C=S) groups is 1. The summed E-state index contributed by atoms with van der Waals surface area (Å²) in [6.45, 7) is 6.99. The van der Waals surface area contributed by atoms with Gasteiger partial charge in [0.1, 0.15) is 5.00 Å². The van der Waals surface area contributed by atoms with E-state index in [1.54, 1.807) is 11.3 Å². The first kappa shape index (κ1) is 23.4. The van der Waals surface area contributed by atoms with Crippen molar-refractivity contribution in [3.05, 3.63) is 63.3 Å². The summed E-state index contributed by atoms with van der Waals surface area (Å²) >= 11 is 7.20. The fraction of sp³-hybridized carbons (Fsp3) is 0.400. The number of thiophene rings is 1. The number of aryl methyl sites for hydroxylation is 3. The molecule has 3 aromatic rings. The number of fused-ring (bicyclic) bond motifs is 1. The third-order valence-electron chi connectivity index (χ3n) is 5.78. The van der Waals surface area contributed by atoms with Gasteiger partial charge in [-0.15, -0.1) is 11.3 Å². The number of carbonyl (C=O) groups is 1. The lowest BCUT2D eigenvalue weighted by atomic mass is 10.1. The van der Waals surface area contributed by atoms with Gasteiger partial charge < -0.3 is 15.4 Å². The molecule has 1 aliphatic rings. The highest BCUT2D eigenvalue weighted by Crippen LogP contribution is 2.38. The maximum Gasteiger partial charge on any atom is 0.341 e. The Labute approximate surface area is 204 Å². The van der Waals surface area contributed by atoms with Crippen molar-refractivity contribution in [2.24, 2.45) is 0 Å². The van der Waals surface area contributed by atoms with Crippen LogP contribution in [0.2, 0.25) is 0 Å². The number of hydrogen-bond donors (Lipinski definition) is 2. The Hall–Kier alpha value is -2.71. The summed E-state index contributed by atoms with van der Waals surface area (Å²) < 4.78 is 7.36. The lowest BCUT2D eigenvalue weighted by molar-refractivity contribution is 0.0527. The molecular formula is C25H30N4O2S2. The Bertz CT molecular complexity index is 1150. The molecule has 2 N–H and O–H groups in total. The molecule has 0 fully saturated rings. The van der Waals surface area contributed by atoms with Gasteiger partial charge in [-0.25, -0.2) is 4.79 Å². The fourth-order valence-corrected chi connectivity index (χ4v) is 5.78. The van der Waals surface area contributed by atoms with Crippen molar-refractivity contribution in [1.29, 1.82) is 0 Å². The largest absolute Gasteiger partial charge is 0.462 e. The Morgan fingerprint density at radius 3 is 2.61 bits per heavy atom. The number of carbonyl (C=O) groups excluding carboxylic acids is 1. The van der Waals surface area contributed by atoms with Crippen molar-refractivity contribution in [2.75, 3.05) is 17.2 Å². The van der Waals surface area contributed by atoms with Gasteiger partial charge in [0.25, 0.3) is 0 Å². The topological polar surface area (TPSA) is 68.2 Å². The Morgan fingerprint density at radius 1 is 1.15 bits per heavy atom. The zero-order valence-corrected chi connectivity index (χ0v) is 21.0. The zero-order valence-electron chi connectivity index (χ0n) is 19.4. The van der Waals surface area contributed by atoms with Crippen molar-refractivity contribution in [2.45, 2.75) is 59.4 Å². The molecule has 0 atom stereocenters. The molecule has 0 aliphatic heterocycles. The molecule has 2 heterocycles. The van der Waals surface area contributed by atoms with E-state index in [0.29, 0.717) is 17.3 Å². The highest BCUT2D eigenvalue weighted by atomic mass is 32.1. The SMILES string of the molecule is CCOC(=O)c1c(NC(=S)Nc2ccc(Cn3nc(C)cc3C)cc2)sc2c1CCCCC2. The van der Waals surface area contributed by atoms with Gasteiger partial charge in [0.05, 0.1) is 24.4 Å². The molecular weight excluding hydrogens is 452 g/mol. The highest BCUT2D eigenvalue weighted by molar-refractivity contribution is 7.80. The van der Waals surface area contributed by atoms with Crippen LogP contribution in [0.15, 0.2) is 30.3 Å². The first-order chi connectivity index (χ1) is 15.9. The van der Waals surface area contributed by atoms with E-state index in [4.69, 9.17) is 17.0 Å². The maximum absolute atomic E-state index is 12.7. The van der Waals surface area contributed by atoms with E-state index in [1.165, 1.54) is 11.3 Å². The van der Waals surface area contributed by atoms with Crippen LogP contribution in [0.1, 0.15) is 63.9 Å². The van der Waals surface area contributed by atoms with Gasteiger partial charge in [0.2, 0.25) is 0 Å². The molecule has 0 bridgehead atoms. The molecule has 1 aliphatic carbocycles. The van der Waals surface area contributed by atoms with Crippen LogP contribution < -0.4 is 10.6 Å². The molecule has 2 aromatic heterocycles. The molecule has 0 unspecified atom stereocenters. The first-order valence-corrected chi connectivity index (χ1v) is 12.7. The predicted molar refractivity (Wildman–Crippen MR) is 139 cm³/mol. The average molecular weight is 483 g/mol. The number of nitrogens with one attached hydrogen (secondary N) is 2. The van der Waals surface area contributed by atoms with E-state index < -0.39 is 0 Å². The quantitative estimate of drug-likeness (QED) is 0.260. The van der Waals surface area contributed by atoms with Crippen molar-refractivity contribution in [3.8, 4) is 0 Å². The third-order valence-corrected chi connectivity index (χ3v) is 7.19. The minimum Gasteiger partial charge on any atom is -0.462 e. The number of nitrogens with zero attached hydrogens (tertiary/aromatic N) is 2. The second kappa shape index (κ2) is 10.5. The van der Waals surface area contributed by atoms with Gasteiger partial charge in [-0.3, -0.25) is 4.68 Å². The Balaban J connectivity index is 1.45. The molecule has 6 nitrogen and oxygen atoms in total. The van der Waals surface area contributed by atoms with E-state index in [0.717, 1.165) is 65.4 Å². The van der Waals surface area contributed by atoms with Crippen LogP contribution in [0.25, 0.3) is 0 Å². The maximum atomic E-state index is 12.7. The summed E-state index contributed by atoms with van der Waals surface area (Å²) in [6.07, 6.45) is 5.37. The van der Waals surface area contributed by atoms with Crippen LogP contribution in [-0.4, -0.2) is 27.5 Å². The smallest absolute Gasteiger partial charge is 0.341 e. The molecule has 4 rings (SSSR count). The molecule has 0 spiro atoms. The molecule has 0 radical (unpaired) electrons. The monoisotopic (exact) mass is 482 g/mol. The summed E-state index contributed by atoms with van der Waals surface area (Å²) in [5.41, 5.74) is 6.01. The number of benzene rings is 1. The molecule has 0 saturated carbocycles. The van der Waals surface area contributed by atoms with Crippen LogP contribution in [0.3, 0.4) is 0 Å². The van der Waals surface area contributed by atoms with Crippen LogP contribution >= 0.6 is 23.6 Å². The summed E-state index contributed by atoms with van der Waals surface area (Å²) in [6, 6.07) is 10.2. The van der Waals surface area contributed by atoms with Crippen molar-refractivity contribution in [1.82, 2.24) is 9.78 Å². The average Bonchev–Trinajstić information content (AvgIpc) is 3.17. The molecule has 1 aromatic carbocycles. The van der Waals surface area contributed by atoms with E-state index in [9.17, 15) is 4.79 Å². The van der Waals surface area contributed by atoms with E-state index >= 15 is 0 Å². The third kappa shape index (κ3) is 5.62. The van der Waals surface area contributed by atoms with Crippen LogP contribution in [0, 0.1) is 13.8 Å². The molecule has 0 saturated heterocycles. The van der Waals surface area contributed by atoms with Gasteiger partial charge in [0.15, 0.2) is 5.11 Å². The predicted octanol–water partition coefficient (Wildman–Crippen LogP) is 5.86.